The van der Waals surface area contributed by atoms with Gasteiger partial charge in [-0.15, -0.1) is 0 Å². The number of carbonyl (C=O) groups excluding carboxylic acids is 1. The predicted molar refractivity (Wildman–Crippen MR) is 81.1 cm³/mol. The first-order valence-corrected chi connectivity index (χ1v) is 7.77. The number of piperazine rings is 1. The Balaban J connectivity index is 1.80. The molecule has 0 aliphatic carbocycles. The van der Waals surface area contributed by atoms with Gasteiger partial charge in [0.2, 0.25) is 5.91 Å². The molecular weight excluding hydrogens is 268 g/mol. The van der Waals surface area contributed by atoms with Crippen molar-refractivity contribution in [3.05, 3.63) is 24.2 Å². The molecule has 0 aromatic carbocycles. The van der Waals surface area contributed by atoms with Crippen molar-refractivity contribution in [2.75, 3.05) is 39.9 Å². The molecule has 1 aliphatic rings. The Labute approximate surface area is 126 Å². The highest BCUT2D eigenvalue weighted by Crippen LogP contribution is 2.14. The molecule has 0 bridgehead atoms. The molecule has 1 atom stereocenters. The van der Waals surface area contributed by atoms with Gasteiger partial charge in [-0.1, -0.05) is 6.92 Å². The summed E-state index contributed by atoms with van der Waals surface area (Å²) in [5.41, 5.74) is 0. The normalized spacial score (nSPS) is 19.9. The van der Waals surface area contributed by atoms with Gasteiger partial charge in [0.15, 0.2) is 0 Å². The maximum Gasteiger partial charge on any atom is 0.223 e. The van der Waals surface area contributed by atoms with Crippen molar-refractivity contribution in [3.8, 4) is 0 Å². The first-order valence-electron chi connectivity index (χ1n) is 7.77. The summed E-state index contributed by atoms with van der Waals surface area (Å²) >= 11 is 0. The van der Waals surface area contributed by atoms with Crippen LogP contribution in [-0.2, 0) is 16.0 Å². The van der Waals surface area contributed by atoms with E-state index in [1.165, 1.54) is 0 Å². The lowest BCUT2D eigenvalue weighted by atomic mass is 10.1. The number of furan rings is 1. The number of aryl methyl sites for hydroxylation is 1. The Morgan fingerprint density at radius 3 is 3.00 bits per heavy atom. The van der Waals surface area contributed by atoms with Crippen molar-refractivity contribution >= 4 is 5.91 Å². The average molecular weight is 294 g/mol. The first kappa shape index (κ1) is 16.0. The number of nitrogens with zero attached hydrogens (tertiary/aromatic N) is 2. The molecule has 0 radical (unpaired) electrons. The van der Waals surface area contributed by atoms with E-state index in [1.807, 2.05) is 17.0 Å². The molecule has 1 unspecified atom stereocenters. The highest BCUT2D eigenvalue weighted by Gasteiger charge is 2.27. The van der Waals surface area contributed by atoms with Crippen LogP contribution in [0.3, 0.4) is 0 Å². The lowest BCUT2D eigenvalue weighted by Gasteiger charge is -2.41. The first-order chi connectivity index (χ1) is 10.2. The number of methoxy groups -OCH3 is 1. The largest absolute Gasteiger partial charge is 0.469 e. The summed E-state index contributed by atoms with van der Waals surface area (Å²) in [5.74, 6) is 1.12. The summed E-state index contributed by atoms with van der Waals surface area (Å²) in [4.78, 5) is 16.7. The smallest absolute Gasteiger partial charge is 0.223 e. The monoisotopic (exact) mass is 294 g/mol. The molecule has 1 aliphatic heterocycles. The summed E-state index contributed by atoms with van der Waals surface area (Å²) in [6.07, 6.45) is 3.93. The van der Waals surface area contributed by atoms with E-state index < -0.39 is 0 Å². The molecule has 2 rings (SSSR count). The van der Waals surface area contributed by atoms with Gasteiger partial charge in [-0.3, -0.25) is 9.69 Å². The maximum absolute atomic E-state index is 12.3. The van der Waals surface area contributed by atoms with Crippen molar-refractivity contribution in [2.24, 2.45) is 0 Å². The van der Waals surface area contributed by atoms with Crippen LogP contribution in [0.4, 0.5) is 0 Å². The Bertz CT molecular complexity index is 419. The zero-order valence-corrected chi connectivity index (χ0v) is 13.1. The fraction of sp³-hybridized carbons (Fsp3) is 0.688. The Hall–Kier alpha value is -1.33. The van der Waals surface area contributed by atoms with Crippen LogP contribution in [0.1, 0.15) is 25.5 Å². The van der Waals surface area contributed by atoms with Gasteiger partial charge in [0.1, 0.15) is 5.76 Å². The second-order valence-electron chi connectivity index (χ2n) is 5.51. The SMILES string of the molecule is CCC1CN(C(=O)CCc2ccco2)CCN1CCOC. The van der Waals surface area contributed by atoms with Crippen LogP contribution in [0, 0.1) is 0 Å². The summed E-state index contributed by atoms with van der Waals surface area (Å²) in [7, 11) is 1.73. The lowest BCUT2D eigenvalue weighted by Crippen LogP contribution is -2.55. The quantitative estimate of drug-likeness (QED) is 0.769. The minimum absolute atomic E-state index is 0.233. The Morgan fingerprint density at radius 1 is 1.48 bits per heavy atom. The molecule has 0 spiro atoms. The van der Waals surface area contributed by atoms with Crippen LogP contribution in [0.5, 0.6) is 0 Å². The molecule has 1 saturated heterocycles. The number of amides is 1. The summed E-state index contributed by atoms with van der Waals surface area (Å²) < 4.78 is 10.4. The van der Waals surface area contributed by atoms with E-state index in [9.17, 15) is 4.79 Å². The zero-order valence-electron chi connectivity index (χ0n) is 13.1. The van der Waals surface area contributed by atoms with Crippen LogP contribution in [0.15, 0.2) is 22.8 Å². The van der Waals surface area contributed by atoms with E-state index in [4.69, 9.17) is 9.15 Å². The van der Waals surface area contributed by atoms with Crippen LogP contribution in [-0.4, -0.2) is 61.6 Å². The van der Waals surface area contributed by atoms with Gasteiger partial charge >= 0.3 is 0 Å². The van der Waals surface area contributed by atoms with Gasteiger partial charge in [-0.25, -0.2) is 0 Å². The topological polar surface area (TPSA) is 45.9 Å². The minimum atomic E-state index is 0.233. The molecular formula is C16H26N2O3. The molecule has 0 N–H and O–H groups in total. The van der Waals surface area contributed by atoms with Crippen molar-refractivity contribution in [3.63, 3.8) is 0 Å². The van der Waals surface area contributed by atoms with Crippen LogP contribution in [0.2, 0.25) is 0 Å². The molecule has 1 aromatic rings. The molecule has 1 fully saturated rings. The summed E-state index contributed by atoms with van der Waals surface area (Å²) in [6, 6.07) is 4.23. The summed E-state index contributed by atoms with van der Waals surface area (Å²) in [5, 5.41) is 0. The van der Waals surface area contributed by atoms with Gasteiger partial charge in [0.25, 0.3) is 0 Å². The van der Waals surface area contributed by atoms with Gasteiger partial charge in [-0.05, 0) is 18.6 Å². The van der Waals surface area contributed by atoms with E-state index >= 15 is 0 Å². The van der Waals surface area contributed by atoms with Gasteiger partial charge in [-0.2, -0.15) is 0 Å². The molecule has 2 heterocycles. The lowest BCUT2D eigenvalue weighted by molar-refractivity contribution is -0.134. The zero-order chi connectivity index (χ0) is 15.1. The highest BCUT2D eigenvalue weighted by molar-refractivity contribution is 5.76. The molecule has 0 saturated carbocycles. The second kappa shape index (κ2) is 8.20. The number of ether oxygens (including phenoxy) is 1. The van der Waals surface area contributed by atoms with E-state index in [-0.39, 0.29) is 5.91 Å². The molecule has 118 valence electrons. The third-order valence-corrected chi connectivity index (χ3v) is 4.18. The third-order valence-electron chi connectivity index (χ3n) is 4.18. The number of carbonyl (C=O) groups is 1. The van der Waals surface area contributed by atoms with E-state index in [0.717, 1.165) is 45.0 Å². The van der Waals surface area contributed by atoms with E-state index in [2.05, 4.69) is 11.8 Å². The second-order valence-corrected chi connectivity index (χ2v) is 5.51. The summed E-state index contributed by atoms with van der Waals surface area (Å²) in [6.45, 7) is 6.47. The molecule has 1 amide bonds. The molecule has 21 heavy (non-hydrogen) atoms. The van der Waals surface area contributed by atoms with E-state index in [1.54, 1.807) is 13.4 Å². The third kappa shape index (κ3) is 4.58. The maximum atomic E-state index is 12.3. The fourth-order valence-electron chi connectivity index (χ4n) is 2.85. The Morgan fingerprint density at radius 2 is 2.33 bits per heavy atom. The minimum Gasteiger partial charge on any atom is -0.469 e. The standard InChI is InChI=1S/C16H26N2O3/c1-3-14-13-18(9-8-17(14)10-12-20-2)16(19)7-6-15-5-4-11-21-15/h4-5,11,14H,3,6-10,12-13H2,1-2H3. The van der Waals surface area contributed by atoms with Crippen molar-refractivity contribution in [2.45, 2.75) is 32.2 Å². The van der Waals surface area contributed by atoms with Crippen LogP contribution >= 0.6 is 0 Å². The fourth-order valence-corrected chi connectivity index (χ4v) is 2.85. The number of hydrogen-bond acceptors (Lipinski definition) is 4. The number of rotatable bonds is 7. The molecule has 1 aromatic heterocycles. The average Bonchev–Trinajstić information content (AvgIpc) is 3.03. The van der Waals surface area contributed by atoms with Crippen LogP contribution in [0.25, 0.3) is 0 Å². The molecule has 5 heteroatoms. The highest BCUT2D eigenvalue weighted by atomic mass is 16.5. The van der Waals surface area contributed by atoms with Crippen molar-refractivity contribution in [1.29, 1.82) is 0 Å². The van der Waals surface area contributed by atoms with Crippen molar-refractivity contribution < 1.29 is 13.9 Å². The van der Waals surface area contributed by atoms with Crippen molar-refractivity contribution in [1.82, 2.24) is 9.80 Å². The van der Waals surface area contributed by atoms with E-state index in [0.29, 0.717) is 18.9 Å². The van der Waals surface area contributed by atoms with Gasteiger partial charge in [0, 0.05) is 52.2 Å². The predicted octanol–water partition coefficient (Wildman–Crippen LogP) is 1.78. The Kier molecular flexibility index (Phi) is 6.26. The van der Waals surface area contributed by atoms with Gasteiger partial charge in [0.05, 0.1) is 12.9 Å². The molecule has 5 nitrogen and oxygen atoms in total. The van der Waals surface area contributed by atoms with Crippen LogP contribution < -0.4 is 0 Å². The van der Waals surface area contributed by atoms with Gasteiger partial charge < -0.3 is 14.1 Å². The number of hydrogen-bond donors (Lipinski definition) is 0.